The molecule has 0 bridgehead atoms. The van der Waals surface area contributed by atoms with E-state index in [1.165, 1.54) is 31.3 Å². The number of carbonyl (C=O) groups is 2. The van der Waals surface area contributed by atoms with E-state index in [4.69, 9.17) is 16.3 Å². The first kappa shape index (κ1) is 23.1. The van der Waals surface area contributed by atoms with Crippen molar-refractivity contribution >= 4 is 33.4 Å². The number of aromatic nitrogens is 1. The molecule has 7 nitrogen and oxygen atoms in total. The van der Waals surface area contributed by atoms with Gasteiger partial charge in [0.15, 0.2) is 6.61 Å². The molecule has 0 saturated heterocycles. The first-order valence-electron chi connectivity index (χ1n) is 9.04. The van der Waals surface area contributed by atoms with Gasteiger partial charge >= 0.3 is 5.97 Å². The molecule has 0 aliphatic heterocycles. The van der Waals surface area contributed by atoms with Crippen molar-refractivity contribution in [3.8, 4) is 0 Å². The third-order valence-electron chi connectivity index (χ3n) is 4.54. The van der Waals surface area contributed by atoms with Crippen molar-refractivity contribution in [3.63, 3.8) is 0 Å². The van der Waals surface area contributed by atoms with Gasteiger partial charge in [-0.05, 0) is 58.0 Å². The van der Waals surface area contributed by atoms with Crippen LogP contribution < -0.4 is 0 Å². The number of nitrogens with zero attached hydrogens (tertiary/aromatic N) is 2. The summed E-state index contributed by atoms with van der Waals surface area (Å²) >= 11 is 5.77. The second-order valence-electron chi connectivity index (χ2n) is 7.05. The van der Waals surface area contributed by atoms with Gasteiger partial charge in [0.25, 0.3) is 0 Å². The summed E-state index contributed by atoms with van der Waals surface area (Å²) in [4.78, 5) is 24.5. The van der Waals surface area contributed by atoms with Crippen molar-refractivity contribution < 1.29 is 22.7 Å². The summed E-state index contributed by atoms with van der Waals surface area (Å²) in [6.45, 7) is 6.83. The lowest BCUT2D eigenvalue weighted by atomic mass is 10.1. The number of esters is 1. The highest BCUT2D eigenvalue weighted by Gasteiger charge is 2.24. The molecule has 0 radical (unpaired) electrons. The SMILES string of the molecule is Cc1cc(C(=O)COC(=O)CN(C)S(=O)(=O)c2ccc(Cl)cc2)c(C)n1C(C)C. The fourth-order valence-corrected chi connectivity index (χ4v) is 4.42. The number of hydrogen-bond donors (Lipinski definition) is 0. The summed E-state index contributed by atoms with van der Waals surface area (Å²) in [5, 5.41) is 0.404. The summed E-state index contributed by atoms with van der Waals surface area (Å²) in [6.07, 6.45) is 0. The average molecular weight is 441 g/mol. The molecule has 0 atom stereocenters. The molecule has 1 aromatic carbocycles. The lowest BCUT2D eigenvalue weighted by Gasteiger charge is -2.16. The average Bonchev–Trinajstić information content (AvgIpc) is 2.94. The summed E-state index contributed by atoms with van der Waals surface area (Å²) in [7, 11) is -2.61. The Balaban J connectivity index is 2.00. The zero-order valence-corrected chi connectivity index (χ0v) is 18.7. The number of sulfonamides is 1. The fraction of sp³-hybridized carbons (Fsp3) is 0.400. The van der Waals surface area contributed by atoms with Gasteiger partial charge in [0.05, 0.1) is 4.90 Å². The number of Topliss-reactive ketones (excluding diaryl/α,β-unsaturated/α-hetero) is 1. The Morgan fingerprint density at radius 1 is 1.17 bits per heavy atom. The Morgan fingerprint density at radius 2 is 1.76 bits per heavy atom. The summed E-state index contributed by atoms with van der Waals surface area (Å²) in [5.74, 6) is -1.14. The number of halogens is 1. The molecule has 0 N–H and O–H groups in total. The number of rotatable bonds is 8. The first-order chi connectivity index (χ1) is 13.4. The zero-order valence-electron chi connectivity index (χ0n) is 17.1. The lowest BCUT2D eigenvalue weighted by Crippen LogP contribution is -2.33. The number of likely N-dealkylation sites (N-methyl/N-ethyl adjacent to an activating group) is 1. The van der Waals surface area contributed by atoms with Gasteiger partial charge in [-0.25, -0.2) is 8.42 Å². The molecule has 0 aliphatic rings. The van der Waals surface area contributed by atoms with Crippen LogP contribution in [-0.2, 0) is 19.6 Å². The van der Waals surface area contributed by atoms with Crippen molar-refractivity contribution in [2.24, 2.45) is 0 Å². The maximum Gasteiger partial charge on any atom is 0.321 e. The van der Waals surface area contributed by atoms with Crippen molar-refractivity contribution in [2.45, 2.75) is 38.6 Å². The molecule has 9 heteroatoms. The minimum Gasteiger partial charge on any atom is -0.456 e. The van der Waals surface area contributed by atoms with Crippen LogP contribution in [0.3, 0.4) is 0 Å². The molecule has 0 fully saturated rings. The number of ketones is 1. The van der Waals surface area contributed by atoms with Crippen LogP contribution >= 0.6 is 11.6 Å². The Labute approximate surface area is 176 Å². The molecule has 0 saturated carbocycles. The smallest absolute Gasteiger partial charge is 0.321 e. The topological polar surface area (TPSA) is 85.7 Å². The molecular formula is C20H25ClN2O5S. The quantitative estimate of drug-likeness (QED) is 0.464. The van der Waals surface area contributed by atoms with Gasteiger partial charge in [-0.3, -0.25) is 9.59 Å². The van der Waals surface area contributed by atoms with Gasteiger partial charge in [-0.2, -0.15) is 4.31 Å². The van der Waals surface area contributed by atoms with E-state index < -0.39 is 29.1 Å². The highest BCUT2D eigenvalue weighted by atomic mass is 35.5. The van der Waals surface area contributed by atoms with Gasteiger partial charge in [0.1, 0.15) is 6.54 Å². The Morgan fingerprint density at radius 3 is 2.28 bits per heavy atom. The van der Waals surface area contributed by atoms with E-state index >= 15 is 0 Å². The van der Waals surface area contributed by atoms with Gasteiger partial charge in [-0.15, -0.1) is 0 Å². The highest BCUT2D eigenvalue weighted by molar-refractivity contribution is 7.89. The molecule has 1 heterocycles. The van der Waals surface area contributed by atoms with Crippen molar-refractivity contribution in [1.29, 1.82) is 0 Å². The van der Waals surface area contributed by atoms with Crippen molar-refractivity contribution in [3.05, 3.63) is 52.3 Å². The summed E-state index contributed by atoms with van der Waals surface area (Å²) in [6, 6.07) is 7.58. The highest BCUT2D eigenvalue weighted by Crippen LogP contribution is 2.21. The third-order valence-corrected chi connectivity index (χ3v) is 6.61. The van der Waals surface area contributed by atoms with Gasteiger partial charge in [0.2, 0.25) is 15.8 Å². The molecule has 158 valence electrons. The van der Waals surface area contributed by atoms with E-state index in [-0.39, 0.29) is 16.7 Å². The zero-order chi connectivity index (χ0) is 21.9. The van der Waals surface area contributed by atoms with Crippen LogP contribution in [0.4, 0.5) is 0 Å². The number of hydrogen-bond acceptors (Lipinski definition) is 5. The molecule has 0 amide bonds. The number of aryl methyl sites for hydroxylation is 1. The standard InChI is InChI=1S/C20H25ClN2O5S/c1-13(2)23-14(3)10-18(15(23)4)19(24)12-28-20(25)11-22(5)29(26,27)17-8-6-16(21)7-9-17/h6-10,13H,11-12H2,1-5H3. The minimum absolute atomic E-state index is 0.00871. The Kier molecular flexibility index (Phi) is 7.26. The van der Waals surface area contributed by atoms with Crippen LogP contribution in [0.25, 0.3) is 0 Å². The van der Waals surface area contributed by atoms with E-state index in [0.717, 1.165) is 15.7 Å². The Hall–Kier alpha value is -2.16. The number of carbonyl (C=O) groups excluding carboxylic acids is 2. The van der Waals surface area contributed by atoms with E-state index in [9.17, 15) is 18.0 Å². The summed E-state index contributed by atoms with van der Waals surface area (Å²) in [5.41, 5.74) is 2.24. The van der Waals surface area contributed by atoms with Gasteiger partial charge < -0.3 is 9.30 Å². The van der Waals surface area contributed by atoms with Crippen LogP contribution in [0.5, 0.6) is 0 Å². The predicted octanol–water partition coefficient (Wildman–Crippen LogP) is 3.39. The summed E-state index contributed by atoms with van der Waals surface area (Å²) < 4.78 is 32.9. The predicted molar refractivity (Wildman–Crippen MR) is 111 cm³/mol. The monoisotopic (exact) mass is 440 g/mol. The maximum atomic E-state index is 12.5. The van der Waals surface area contributed by atoms with E-state index in [2.05, 4.69) is 0 Å². The van der Waals surface area contributed by atoms with Crippen molar-refractivity contribution in [2.75, 3.05) is 20.2 Å². The number of benzene rings is 1. The van der Waals surface area contributed by atoms with E-state index in [0.29, 0.717) is 10.6 Å². The Bertz CT molecular complexity index is 1010. The molecule has 0 spiro atoms. The molecule has 0 unspecified atom stereocenters. The lowest BCUT2D eigenvalue weighted by molar-refractivity contribution is -0.142. The molecule has 29 heavy (non-hydrogen) atoms. The van der Waals surface area contributed by atoms with Crippen LogP contribution in [0.15, 0.2) is 35.2 Å². The van der Waals surface area contributed by atoms with Crippen molar-refractivity contribution in [1.82, 2.24) is 8.87 Å². The second kappa shape index (κ2) is 9.11. The molecule has 0 aliphatic carbocycles. The second-order valence-corrected chi connectivity index (χ2v) is 9.53. The molecule has 2 aromatic rings. The largest absolute Gasteiger partial charge is 0.456 e. The normalized spacial score (nSPS) is 11.9. The van der Waals surface area contributed by atoms with E-state index in [1.807, 2.05) is 32.3 Å². The molecule has 1 aromatic heterocycles. The van der Waals surface area contributed by atoms with Gasteiger partial charge in [-0.1, -0.05) is 11.6 Å². The van der Waals surface area contributed by atoms with Crippen LogP contribution in [0.1, 0.15) is 41.6 Å². The van der Waals surface area contributed by atoms with Gasteiger partial charge in [0, 0.05) is 35.1 Å². The first-order valence-corrected chi connectivity index (χ1v) is 10.9. The fourth-order valence-electron chi connectivity index (χ4n) is 3.18. The van der Waals surface area contributed by atoms with E-state index in [1.54, 1.807) is 6.07 Å². The third kappa shape index (κ3) is 5.26. The van der Waals surface area contributed by atoms with Crippen LogP contribution in [0.2, 0.25) is 5.02 Å². The molecule has 2 rings (SSSR count). The minimum atomic E-state index is -3.87. The van der Waals surface area contributed by atoms with Crippen LogP contribution in [-0.4, -0.2) is 49.2 Å². The maximum absolute atomic E-state index is 12.5. The number of ether oxygens (including phenoxy) is 1. The van der Waals surface area contributed by atoms with Crippen LogP contribution in [0, 0.1) is 13.8 Å². The molecular weight excluding hydrogens is 416 g/mol.